The number of rotatable bonds is 6. The maximum absolute atomic E-state index is 12.2. The number of nitrogens with zero attached hydrogens (tertiary/aromatic N) is 1. The van der Waals surface area contributed by atoms with Gasteiger partial charge in [-0.2, -0.15) is 0 Å². The lowest BCUT2D eigenvalue weighted by Crippen LogP contribution is -2.21. The summed E-state index contributed by atoms with van der Waals surface area (Å²) < 4.78 is 10.4. The summed E-state index contributed by atoms with van der Waals surface area (Å²) >= 11 is 0. The second-order valence-electron chi connectivity index (χ2n) is 5.71. The predicted molar refractivity (Wildman–Crippen MR) is 102 cm³/mol. The summed E-state index contributed by atoms with van der Waals surface area (Å²) in [6.07, 6.45) is 3.09. The summed E-state index contributed by atoms with van der Waals surface area (Å²) in [6.45, 7) is 0. The van der Waals surface area contributed by atoms with Crippen molar-refractivity contribution in [3.05, 3.63) is 59.7 Å². The van der Waals surface area contributed by atoms with Gasteiger partial charge in [0.1, 0.15) is 11.5 Å². The molecule has 6 nitrogen and oxygen atoms in total. The third-order valence-electron chi connectivity index (χ3n) is 3.66. The Labute approximate surface area is 153 Å². The zero-order valence-corrected chi connectivity index (χ0v) is 15.3. The topological polar surface area (TPSA) is 67.9 Å². The van der Waals surface area contributed by atoms with E-state index < -0.39 is 0 Å². The first-order valence-corrected chi connectivity index (χ1v) is 7.97. The fourth-order valence-electron chi connectivity index (χ4n) is 2.25. The van der Waals surface area contributed by atoms with E-state index in [1.165, 1.54) is 18.1 Å². The molecule has 0 saturated heterocycles. The molecule has 0 fully saturated rings. The molecular formula is C20H22N2O4. The first kappa shape index (κ1) is 19.1. The molecule has 0 atom stereocenters. The number of carbonyl (C=O) groups is 2. The third-order valence-corrected chi connectivity index (χ3v) is 3.66. The summed E-state index contributed by atoms with van der Waals surface area (Å²) in [4.78, 5) is 25.5. The van der Waals surface area contributed by atoms with Crippen LogP contribution in [0.25, 0.3) is 6.08 Å². The Balaban J connectivity index is 2.07. The molecular weight excluding hydrogens is 332 g/mol. The first-order chi connectivity index (χ1) is 12.4. The van der Waals surface area contributed by atoms with Crippen LogP contribution in [0.4, 0.5) is 5.69 Å². The Bertz CT molecular complexity index is 811. The summed E-state index contributed by atoms with van der Waals surface area (Å²) in [7, 11) is 6.49. The molecule has 0 saturated carbocycles. The van der Waals surface area contributed by atoms with Crippen LogP contribution in [0.5, 0.6) is 11.5 Å². The highest BCUT2D eigenvalue weighted by molar-refractivity contribution is 6.03. The van der Waals surface area contributed by atoms with Gasteiger partial charge < -0.3 is 19.7 Å². The van der Waals surface area contributed by atoms with Crippen molar-refractivity contribution < 1.29 is 19.1 Å². The van der Waals surface area contributed by atoms with Crippen molar-refractivity contribution in [2.75, 3.05) is 33.6 Å². The maximum atomic E-state index is 12.2. The number of hydrogen-bond acceptors (Lipinski definition) is 4. The third kappa shape index (κ3) is 4.86. The van der Waals surface area contributed by atoms with Gasteiger partial charge in [-0.3, -0.25) is 9.59 Å². The van der Waals surface area contributed by atoms with Gasteiger partial charge in [-0.05, 0) is 35.9 Å². The van der Waals surface area contributed by atoms with Crippen LogP contribution in [0, 0.1) is 0 Å². The van der Waals surface area contributed by atoms with E-state index in [9.17, 15) is 9.59 Å². The van der Waals surface area contributed by atoms with Crippen LogP contribution in [0.1, 0.15) is 15.9 Å². The largest absolute Gasteiger partial charge is 0.497 e. The minimum absolute atomic E-state index is 0.0663. The molecule has 0 spiro atoms. The second-order valence-corrected chi connectivity index (χ2v) is 5.71. The Hall–Kier alpha value is -3.28. The van der Waals surface area contributed by atoms with E-state index in [4.69, 9.17) is 9.47 Å². The smallest absolute Gasteiger partial charge is 0.253 e. The van der Waals surface area contributed by atoms with Crippen LogP contribution < -0.4 is 14.8 Å². The molecule has 6 heteroatoms. The number of ether oxygens (including phenoxy) is 2. The predicted octanol–water partition coefficient (Wildman–Crippen LogP) is 3.06. The Kier molecular flexibility index (Phi) is 6.38. The van der Waals surface area contributed by atoms with Crippen LogP contribution in [-0.4, -0.2) is 45.0 Å². The quantitative estimate of drug-likeness (QED) is 0.810. The van der Waals surface area contributed by atoms with E-state index in [2.05, 4.69) is 5.32 Å². The van der Waals surface area contributed by atoms with Gasteiger partial charge in [0.05, 0.1) is 19.9 Å². The molecule has 1 N–H and O–H groups in total. The number of amides is 2. The lowest BCUT2D eigenvalue weighted by molar-refractivity contribution is -0.111. The fraction of sp³-hybridized carbons (Fsp3) is 0.200. The van der Waals surface area contributed by atoms with E-state index in [0.717, 1.165) is 5.56 Å². The van der Waals surface area contributed by atoms with Gasteiger partial charge >= 0.3 is 0 Å². The molecule has 0 unspecified atom stereocenters. The number of carbonyl (C=O) groups excluding carboxylic acids is 2. The van der Waals surface area contributed by atoms with Gasteiger partial charge in [-0.15, -0.1) is 0 Å². The number of nitrogens with one attached hydrogen (secondary N) is 1. The lowest BCUT2D eigenvalue weighted by Gasteiger charge is -2.10. The zero-order valence-electron chi connectivity index (χ0n) is 15.3. The van der Waals surface area contributed by atoms with Crippen molar-refractivity contribution in [3.8, 4) is 11.5 Å². The Morgan fingerprint density at radius 1 is 1.00 bits per heavy atom. The molecule has 0 aliphatic carbocycles. The molecule has 0 aromatic heterocycles. The molecule has 0 heterocycles. The van der Waals surface area contributed by atoms with Gasteiger partial charge in [-0.25, -0.2) is 0 Å². The zero-order chi connectivity index (χ0) is 19.1. The van der Waals surface area contributed by atoms with Gasteiger partial charge in [0.2, 0.25) is 5.91 Å². The van der Waals surface area contributed by atoms with Crippen molar-refractivity contribution >= 4 is 23.6 Å². The summed E-state index contributed by atoms with van der Waals surface area (Å²) in [6, 6.07) is 12.2. The average molecular weight is 354 g/mol. The molecule has 2 aromatic rings. The van der Waals surface area contributed by atoms with Crippen LogP contribution in [-0.2, 0) is 4.79 Å². The molecule has 26 heavy (non-hydrogen) atoms. The Morgan fingerprint density at radius 3 is 2.27 bits per heavy atom. The van der Waals surface area contributed by atoms with Gasteiger partial charge in [0.15, 0.2) is 0 Å². The summed E-state index contributed by atoms with van der Waals surface area (Å²) in [5.41, 5.74) is 1.93. The van der Waals surface area contributed by atoms with Crippen molar-refractivity contribution in [3.63, 3.8) is 0 Å². The summed E-state index contributed by atoms with van der Waals surface area (Å²) in [5.74, 6) is 0.790. The summed E-state index contributed by atoms with van der Waals surface area (Å²) in [5, 5.41) is 2.76. The van der Waals surface area contributed by atoms with Gasteiger partial charge in [0.25, 0.3) is 5.91 Å². The number of hydrogen-bond donors (Lipinski definition) is 1. The minimum Gasteiger partial charge on any atom is -0.497 e. The van der Waals surface area contributed by atoms with Crippen molar-refractivity contribution in [2.45, 2.75) is 0 Å². The monoisotopic (exact) mass is 354 g/mol. The van der Waals surface area contributed by atoms with Crippen molar-refractivity contribution in [1.82, 2.24) is 4.90 Å². The lowest BCUT2D eigenvalue weighted by atomic mass is 10.1. The number of anilines is 1. The molecule has 0 aliphatic heterocycles. The molecule has 0 bridgehead atoms. The SMILES string of the molecule is COc1ccc(OC)c(NC(=O)/C=C/c2ccc(C(=O)N(C)C)cc2)c1. The number of methoxy groups -OCH3 is 2. The molecule has 0 aliphatic rings. The van der Waals surface area contributed by atoms with E-state index in [0.29, 0.717) is 22.7 Å². The van der Waals surface area contributed by atoms with E-state index in [1.54, 1.807) is 69.7 Å². The highest BCUT2D eigenvalue weighted by Gasteiger charge is 2.08. The van der Waals surface area contributed by atoms with Crippen molar-refractivity contribution in [2.24, 2.45) is 0 Å². The standard InChI is InChI=1S/C20H22N2O4/c1-22(2)20(24)15-8-5-14(6-9-15)7-12-19(23)21-17-13-16(25-3)10-11-18(17)26-4/h5-13H,1-4H3,(H,21,23)/b12-7+. The molecule has 2 amide bonds. The van der Waals surface area contributed by atoms with E-state index in [1.807, 2.05) is 0 Å². The van der Waals surface area contributed by atoms with Crippen LogP contribution in [0.2, 0.25) is 0 Å². The van der Waals surface area contributed by atoms with Gasteiger partial charge in [-0.1, -0.05) is 12.1 Å². The molecule has 2 aromatic carbocycles. The highest BCUT2D eigenvalue weighted by atomic mass is 16.5. The van der Waals surface area contributed by atoms with Crippen LogP contribution in [0.3, 0.4) is 0 Å². The molecule has 2 rings (SSSR count). The van der Waals surface area contributed by atoms with Crippen molar-refractivity contribution in [1.29, 1.82) is 0 Å². The Morgan fingerprint density at radius 2 is 1.69 bits per heavy atom. The normalized spacial score (nSPS) is 10.5. The number of benzene rings is 2. The van der Waals surface area contributed by atoms with Gasteiger partial charge in [0, 0.05) is 31.8 Å². The maximum Gasteiger partial charge on any atom is 0.253 e. The van der Waals surface area contributed by atoms with E-state index in [-0.39, 0.29) is 11.8 Å². The van der Waals surface area contributed by atoms with E-state index >= 15 is 0 Å². The molecule has 0 radical (unpaired) electrons. The second kappa shape index (κ2) is 8.71. The minimum atomic E-state index is -0.301. The average Bonchev–Trinajstić information content (AvgIpc) is 2.66. The van der Waals surface area contributed by atoms with Crippen LogP contribution >= 0.6 is 0 Å². The van der Waals surface area contributed by atoms with Crippen LogP contribution in [0.15, 0.2) is 48.5 Å². The molecule has 136 valence electrons. The fourth-order valence-corrected chi connectivity index (χ4v) is 2.25. The highest BCUT2D eigenvalue weighted by Crippen LogP contribution is 2.28. The first-order valence-electron chi connectivity index (χ1n) is 7.97.